The summed E-state index contributed by atoms with van der Waals surface area (Å²) in [6, 6.07) is 8.53. The van der Waals surface area contributed by atoms with E-state index in [0.717, 1.165) is 30.0 Å². The minimum atomic E-state index is -0.615. The van der Waals surface area contributed by atoms with Gasteiger partial charge in [-0.25, -0.2) is 5.43 Å². The van der Waals surface area contributed by atoms with Crippen LogP contribution in [0.1, 0.15) is 24.0 Å². The van der Waals surface area contributed by atoms with Gasteiger partial charge in [0, 0.05) is 41.2 Å². The Morgan fingerprint density at radius 2 is 1.96 bits per heavy atom. The quantitative estimate of drug-likeness (QED) is 0.370. The number of phenolic OH excluding ortho intramolecular Hbond substituents is 1. The number of hydrogen-bond acceptors (Lipinski definition) is 6. The van der Waals surface area contributed by atoms with Gasteiger partial charge in [-0.15, -0.1) is 0 Å². The maximum Gasteiger partial charge on any atom is 0.270 e. The maximum absolute atomic E-state index is 12.0. The molecule has 2 aromatic carbocycles. The number of non-ortho nitro benzene ring substituents is 1. The highest BCUT2D eigenvalue weighted by Gasteiger charge is 2.10. The molecule has 0 saturated heterocycles. The number of benzene rings is 2. The van der Waals surface area contributed by atoms with Gasteiger partial charge >= 0.3 is 0 Å². The normalized spacial score (nSPS) is 10.6. The molecule has 0 atom stereocenters. The Bertz CT molecular complexity index is 946. The predicted molar refractivity (Wildman–Crippen MR) is 105 cm³/mol. The molecule has 2 amide bonds. The topological polar surface area (TPSA) is 134 Å². The van der Waals surface area contributed by atoms with Crippen molar-refractivity contribution < 1.29 is 19.6 Å². The van der Waals surface area contributed by atoms with E-state index in [2.05, 4.69) is 15.8 Å². The molecule has 0 fully saturated rings. The van der Waals surface area contributed by atoms with E-state index in [1.807, 2.05) is 0 Å². The first kappa shape index (κ1) is 20.8. The molecule has 0 heterocycles. The first-order valence-corrected chi connectivity index (χ1v) is 8.50. The summed E-state index contributed by atoms with van der Waals surface area (Å²) in [6.07, 6.45) is 0.884. The fourth-order valence-corrected chi connectivity index (χ4v) is 2.35. The van der Waals surface area contributed by atoms with E-state index in [1.165, 1.54) is 0 Å². The number of halogens is 1. The first-order valence-electron chi connectivity index (χ1n) is 8.12. The Kier molecular flexibility index (Phi) is 7.05. The standard InChI is InChI=1S/C18H17ClN4O5/c1-11-14(19)3-2-4-15(11)21-17(25)7-8-18(26)22-20-10-12-9-13(23(27)28)5-6-16(12)24/h2-6,9-10,24H,7-8H2,1H3,(H,21,25)(H,22,26). The van der Waals surface area contributed by atoms with Crippen LogP contribution in [-0.4, -0.2) is 28.1 Å². The van der Waals surface area contributed by atoms with Crippen LogP contribution in [0.2, 0.25) is 5.02 Å². The van der Waals surface area contributed by atoms with Crippen LogP contribution in [0.3, 0.4) is 0 Å². The van der Waals surface area contributed by atoms with E-state index in [0.29, 0.717) is 10.7 Å². The average molecular weight is 405 g/mol. The fourth-order valence-electron chi connectivity index (χ4n) is 2.17. The van der Waals surface area contributed by atoms with Crippen LogP contribution in [0.25, 0.3) is 0 Å². The fraction of sp³-hybridized carbons (Fsp3) is 0.167. The van der Waals surface area contributed by atoms with Crippen LogP contribution in [0.5, 0.6) is 5.75 Å². The van der Waals surface area contributed by atoms with E-state index in [9.17, 15) is 24.8 Å². The lowest BCUT2D eigenvalue weighted by atomic mass is 10.2. The summed E-state index contributed by atoms with van der Waals surface area (Å²) in [5.41, 5.74) is 3.34. The summed E-state index contributed by atoms with van der Waals surface area (Å²) in [5.74, 6) is -1.11. The minimum Gasteiger partial charge on any atom is -0.507 e. The molecule has 0 unspecified atom stereocenters. The average Bonchev–Trinajstić information content (AvgIpc) is 2.65. The van der Waals surface area contributed by atoms with Gasteiger partial charge < -0.3 is 10.4 Å². The molecule has 0 radical (unpaired) electrons. The van der Waals surface area contributed by atoms with Crippen molar-refractivity contribution in [3.05, 3.63) is 62.7 Å². The van der Waals surface area contributed by atoms with E-state index in [4.69, 9.17) is 11.6 Å². The predicted octanol–water partition coefficient (Wildman–Crippen LogP) is 3.13. The summed E-state index contributed by atoms with van der Waals surface area (Å²) < 4.78 is 0. The number of hydrazone groups is 1. The van der Waals surface area contributed by atoms with Crippen molar-refractivity contribution in [2.24, 2.45) is 5.10 Å². The van der Waals surface area contributed by atoms with Gasteiger partial charge in [-0.2, -0.15) is 5.10 Å². The van der Waals surface area contributed by atoms with Gasteiger partial charge in [-0.1, -0.05) is 17.7 Å². The van der Waals surface area contributed by atoms with Gasteiger partial charge in [0.1, 0.15) is 5.75 Å². The third-order valence-electron chi connectivity index (χ3n) is 3.74. The number of carbonyl (C=O) groups excluding carboxylic acids is 2. The molecular formula is C18H17ClN4O5. The van der Waals surface area contributed by atoms with Crippen molar-refractivity contribution >= 4 is 41.0 Å². The molecule has 2 rings (SSSR count). The molecule has 0 saturated carbocycles. The van der Waals surface area contributed by atoms with Crippen LogP contribution in [0.4, 0.5) is 11.4 Å². The molecule has 0 aliphatic rings. The largest absolute Gasteiger partial charge is 0.507 e. The Labute approximate surface area is 165 Å². The smallest absolute Gasteiger partial charge is 0.270 e. The van der Waals surface area contributed by atoms with Gasteiger partial charge in [-0.3, -0.25) is 19.7 Å². The van der Waals surface area contributed by atoms with E-state index >= 15 is 0 Å². The van der Waals surface area contributed by atoms with Crippen molar-refractivity contribution in [1.82, 2.24) is 5.43 Å². The van der Waals surface area contributed by atoms with Gasteiger partial charge in [-0.05, 0) is 30.7 Å². The molecular weight excluding hydrogens is 388 g/mol. The molecule has 28 heavy (non-hydrogen) atoms. The third-order valence-corrected chi connectivity index (χ3v) is 4.15. The zero-order valence-corrected chi connectivity index (χ0v) is 15.6. The van der Waals surface area contributed by atoms with Crippen molar-refractivity contribution in [3.8, 4) is 5.75 Å². The third kappa shape index (κ3) is 5.78. The molecule has 9 nitrogen and oxygen atoms in total. The van der Waals surface area contributed by atoms with E-state index < -0.39 is 10.8 Å². The van der Waals surface area contributed by atoms with Crippen molar-refractivity contribution in [2.75, 3.05) is 5.32 Å². The molecule has 0 spiro atoms. The molecule has 0 bridgehead atoms. The number of amides is 2. The van der Waals surface area contributed by atoms with Crippen LogP contribution >= 0.6 is 11.6 Å². The van der Waals surface area contributed by atoms with Crippen molar-refractivity contribution in [1.29, 1.82) is 0 Å². The number of nitro benzene ring substituents is 1. The number of aromatic hydroxyl groups is 1. The Morgan fingerprint density at radius 3 is 2.68 bits per heavy atom. The van der Waals surface area contributed by atoms with Crippen molar-refractivity contribution in [2.45, 2.75) is 19.8 Å². The Hall–Kier alpha value is -3.46. The number of nitro groups is 1. The van der Waals surface area contributed by atoms with E-state index in [-0.39, 0.29) is 35.7 Å². The molecule has 0 aromatic heterocycles. The second kappa shape index (κ2) is 9.47. The van der Waals surface area contributed by atoms with Gasteiger partial charge in [0.25, 0.3) is 5.69 Å². The summed E-state index contributed by atoms with van der Waals surface area (Å²) in [4.78, 5) is 33.8. The lowest BCUT2D eigenvalue weighted by molar-refractivity contribution is -0.384. The molecule has 0 aliphatic heterocycles. The minimum absolute atomic E-state index is 0.0728. The number of anilines is 1. The number of nitrogens with zero attached hydrogens (tertiary/aromatic N) is 2. The second-order valence-corrected chi connectivity index (χ2v) is 6.16. The number of phenols is 1. The highest BCUT2D eigenvalue weighted by molar-refractivity contribution is 6.31. The van der Waals surface area contributed by atoms with Crippen LogP contribution in [-0.2, 0) is 9.59 Å². The van der Waals surface area contributed by atoms with Crippen LogP contribution in [0.15, 0.2) is 41.5 Å². The van der Waals surface area contributed by atoms with Crippen molar-refractivity contribution in [3.63, 3.8) is 0 Å². The molecule has 10 heteroatoms. The number of nitrogens with one attached hydrogen (secondary N) is 2. The SMILES string of the molecule is Cc1c(Cl)cccc1NC(=O)CCC(=O)NN=Cc1cc([N+](=O)[O-])ccc1O. The van der Waals surface area contributed by atoms with Gasteiger partial charge in [0.05, 0.1) is 11.1 Å². The Balaban J connectivity index is 1.85. The number of rotatable bonds is 7. The zero-order chi connectivity index (χ0) is 20.7. The van der Waals surface area contributed by atoms with Gasteiger partial charge in [0.2, 0.25) is 11.8 Å². The summed E-state index contributed by atoms with van der Waals surface area (Å²) in [5, 5.41) is 27.2. The lowest BCUT2D eigenvalue weighted by Gasteiger charge is -2.09. The molecule has 2 aromatic rings. The highest BCUT2D eigenvalue weighted by Crippen LogP contribution is 2.23. The lowest BCUT2D eigenvalue weighted by Crippen LogP contribution is -2.20. The molecule has 3 N–H and O–H groups in total. The van der Waals surface area contributed by atoms with Crippen LogP contribution < -0.4 is 10.7 Å². The number of carbonyl (C=O) groups is 2. The molecule has 146 valence electrons. The van der Waals surface area contributed by atoms with Crippen LogP contribution in [0, 0.1) is 17.0 Å². The maximum atomic E-state index is 12.0. The zero-order valence-electron chi connectivity index (χ0n) is 14.8. The van der Waals surface area contributed by atoms with E-state index in [1.54, 1.807) is 25.1 Å². The first-order chi connectivity index (χ1) is 13.3. The molecule has 0 aliphatic carbocycles. The summed E-state index contributed by atoms with van der Waals surface area (Å²) in [6.45, 7) is 1.77. The van der Waals surface area contributed by atoms with Gasteiger partial charge in [0.15, 0.2) is 0 Å². The second-order valence-electron chi connectivity index (χ2n) is 5.75. The highest BCUT2D eigenvalue weighted by atomic mass is 35.5. The summed E-state index contributed by atoms with van der Waals surface area (Å²) >= 11 is 5.98. The summed E-state index contributed by atoms with van der Waals surface area (Å²) in [7, 11) is 0. The number of hydrogen-bond donors (Lipinski definition) is 3. The Morgan fingerprint density at radius 1 is 1.25 bits per heavy atom. The monoisotopic (exact) mass is 404 g/mol.